The third kappa shape index (κ3) is 5.51. The van der Waals surface area contributed by atoms with Gasteiger partial charge in [-0.2, -0.15) is 0 Å². The predicted octanol–water partition coefficient (Wildman–Crippen LogP) is 3.62. The van der Waals surface area contributed by atoms with Crippen molar-refractivity contribution in [2.24, 2.45) is 5.41 Å². The van der Waals surface area contributed by atoms with Crippen LogP contribution in [-0.4, -0.2) is 58.6 Å². The summed E-state index contributed by atoms with van der Waals surface area (Å²) in [6, 6.07) is 12.4. The van der Waals surface area contributed by atoms with Gasteiger partial charge in [0.15, 0.2) is 0 Å². The average Bonchev–Trinajstić information content (AvgIpc) is 3.17. The quantitative estimate of drug-likeness (QED) is 0.506. The molecular weight excluding hydrogens is 466 g/mol. The van der Waals surface area contributed by atoms with Crippen molar-refractivity contribution in [2.75, 3.05) is 18.1 Å². The standard InChI is InChI=1S/C26H29N3O5S/c1-26(2,13-23(31)32)12-22(30)27-17-11-21-24(33)28-20-9-6-16(10-19(20)25(34)29(21)14-17)15-4-7-18(35-3)8-5-15/h4-10,17,21H,11-14H2,1-3H3,(H,27,30)(H,28,33)(H,31,32). The van der Waals surface area contributed by atoms with Crippen molar-refractivity contribution in [3.8, 4) is 11.1 Å². The third-order valence-electron chi connectivity index (χ3n) is 6.43. The zero-order valence-corrected chi connectivity index (χ0v) is 20.8. The highest BCUT2D eigenvalue weighted by atomic mass is 32.2. The number of nitrogens with one attached hydrogen (secondary N) is 2. The number of fused-ring (bicyclic) bond motifs is 2. The van der Waals surface area contributed by atoms with Crippen molar-refractivity contribution in [2.45, 2.75) is 50.1 Å². The van der Waals surface area contributed by atoms with Gasteiger partial charge in [-0.25, -0.2) is 0 Å². The molecule has 0 saturated carbocycles. The van der Waals surface area contributed by atoms with Crippen molar-refractivity contribution in [3.63, 3.8) is 0 Å². The molecule has 4 rings (SSSR count). The number of carbonyl (C=O) groups is 4. The summed E-state index contributed by atoms with van der Waals surface area (Å²) in [7, 11) is 0. The molecular formula is C26H29N3O5S. The molecule has 3 amide bonds. The Morgan fingerprint density at radius 3 is 2.46 bits per heavy atom. The number of hydrogen-bond acceptors (Lipinski definition) is 5. The summed E-state index contributed by atoms with van der Waals surface area (Å²) in [6.45, 7) is 3.67. The van der Waals surface area contributed by atoms with Crippen molar-refractivity contribution >= 4 is 41.1 Å². The minimum atomic E-state index is -0.961. The molecule has 0 aliphatic carbocycles. The monoisotopic (exact) mass is 495 g/mol. The Labute approximate surface area is 208 Å². The van der Waals surface area contributed by atoms with Crippen LogP contribution in [0.1, 0.15) is 43.5 Å². The Kier molecular flexibility index (Phi) is 6.89. The number of carbonyl (C=O) groups excluding carboxylic acids is 3. The Hall–Kier alpha value is -3.33. The molecule has 9 heteroatoms. The van der Waals surface area contributed by atoms with Gasteiger partial charge in [-0.05, 0) is 53.5 Å². The maximum atomic E-state index is 13.5. The SMILES string of the molecule is CSc1ccc(-c2ccc3c(c2)C(=O)N2CC(NC(=O)CC(C)(C)CC(=O)O)CC2C(=O)N3)cc1. The first-order valence-electron chi connectivity index (χ1n) is 11.5. The van der Waals surface area contributed by atoms with Crippen molar-refractivity contribution < 1.29 is 24.3 Å². The molecule has 184 valence electrons. The molecule has 0 bridgehead atoms. The molecule has 2 unspecified atom stereocenters. The molecule has 35 heavy (non-hydrogen) atoms. The van der Waals surface area contributed by atoms with Crippen LogP contribution >= 0.6 is 11.8 Å². The summed E-state index contributed by atoms with van der Waals surface area (Å²) >= 11 is 1.65. The maximum absolute atomic E-state index is 13.5. The molecule has 2 aromatic carbocycles. The van der Waals surface area contributed by atoms with Crippen LogP contribution in [-0.2, 0) is 14.4 Å². The number of carboxylic acid groups (broad SMARTS) is 1. The number of aliphatic carboxylic acids is 1. The van der Waals surface area contributed by atoms with Crippen LogP contribution in [0.15, 0.2) is 47.4 Å². The van der Waals surface area contributed by atoms with E-state index in [1.807, 2.05) is 36.6 Å². The first-order valence-corrected chi connectivity index (χ1v) is 12.7. The molecule has 8 nitrogen and oxygen atoms in total. The number of carboxylic acids is 1. The van der Waals surface area contributed by atoms with E-state index in [0.29, 0.717) is 17.7 Å². The number of rotatable bonds is 7. The molecule has 3 N–H and O–H groups in total. The molecule has 0 aromatic heterocycles. The summed E-state index contributed by atoms with van der Waals surface area (Å²) in [6.07, 6.45) is 2.24. The largest absolute Gasteiger partial charge is 0.481 e. The van der Waals surface area contributed by atoms with Crippen molar-refractivity contribution in [3.05, 3.63) is 48.0 Å². The van der Waals surface area contributed by atoms with Gasteiger partial charge >= 0.3 is 5.97 Å². The lowest BCUT2D eigenvalue weighted by molar-refractivity contribution is -0.139. The number of hydrogen-bond donors (Lipinski definition) is 3. The summed E-state index contributed by atoms with van der Waals surface area (Å²) in [5.41, 5.74) is 2.05. The summed E-state index contributed by atoms with van der Waals surface area (Å²) in [5.74, 6) is -1.79. The molecule has 1 fully saturated rings. The Morgan fingerprint density at radius 2 is 1.80 bits per heavy atom. The van der Waals surface area contributed by atoms with E-state index >= 15 is 0 Å². The fourth-order valence-corrected chi connectivity index (χ4v) is 5.17. The second-order valence-electron chi connectivity index (χ2n) is 9.86. The number of anilines is 1. The van der Waals surface area contributed by atoms with Crippen molar-refractivity contribution in [1.82, 2.24) is 10.2 Å². The number of thioether (sulfide) groups is 1. The first kappa shape index (κ1) is 24.8. The number of nitrogens with zero attached hydrogens (tertiary/aromatic N) is 1. The average molecular weight is 496 g/mol. The minimum Gasteiger partial charge on any atom is -0.481 e. The van der Waals surface area contributed by atoms with Gasteiger partial charge < -0.3 is 20.6 Å². The van der Waals surface area contributed by atoms with E-state index in [0.717, 1.165) is 16.0 Å². The Balaban J connectivity index is 1.51. The molecule has 0 radical (unpaired) electrons. The topological polar surface area (TPSA) is 116 Å². The van der Waals surface area contributed by atoms with Gasteiger partial charge in [0.1, 0.15) is 6.04 Å². The van der Waals surface area contributed by atoms with Gasteiger partial charge in [0.25, 0.3) is 5.91 Å². The molecule has 0 spiro atoms. The van der Waals surface area contributed by atoms with E-state index in [1.165, 1.54) is 4.90 Å². The number of amides is 3. The van der Waals surface area contributed by atoms with Gasteiger partial charge in [0.2, 0.25) is 11.8 Å². The van der Waals surface area contributed by atoms with E-state index in [-0.39, 0.29) is 43.1 Å². The first-order chi connectivity index (χ1) is 16.6. The molecule has 2 atom stereocenters. The van der Waals surface area contributed by atoms with Gasteiger partial charge in [-0.3, -0.25) is 19.2 Å². The van der Waals surface area contributed by atoms with Crippen molar-refractivity contribution in [1.29, 1.82) is 0 Å². The zero-order chi connectivity index (χ0) is 25.3. The molecule has 2 aliphatic rings. The third-order valence-corrected chi connectivity index (χ3v) is 7.17. The van der Waals surface area contributed by atoms with Gasteiger partial charge in [-0.15, -0.1) is 11.8 Å². The normalized spacial score (nSPS) is 19.5. The highest BCUT2D eigenvalue weighted by Crippen LogP contribution is 2.33. The summed E-state index contributed by atoms with van der Waals surface area (Å²) < 4.78 is 0. The Morgan fingerprint density at radius 1 is 1.11 bits per heavy atom. The van der Waals surface area contributed by atoms with E-state index in [4.69, 9.17) is 5.11 Å². The van der Waals surface area contributed by atoms with Gasteiger partial charge in [0.05, 0.1) is 17.7 Å². The lowest BCUT2D eigenvalue weighted by Gasteiger charge is -2.23. The highest BCUT2D eigenvalue weighted by Gasteiger charge is 2.43. The molecule has 2 heterocycles. The van der Waals surface area contributed by atoms with E-state index < -0.39 is 17.4 Å². The van der Waals surface area contributed by atoms with Crippen LogP contribution in [0.5, 0.6) is 0 Å². The predicted molar refractivity (Wildman–Crippen MR) is 134 cm³/mol. The van der Waals surface area contributed by atoms with Gasteiger partial charge in [-0.1, -0.05) is 32.0 Å². The Bertz CT molecular complexity index is 1180. The second kappa shape index (κ2) is 9.73. The van der Waals surface area contributed by atoms with Crippen LogP contribution in [0.25, 0.3) is 11.1 Å². The fourth-order valence-electron chi connectivity index (χ4n) is 4.76. The van der Waals surface area contributed by atoms with Gasteiger partial charge in [0, 0.05) is 23.9 Å². The lowest BCUT2D eigenvalue weighted by atomic mass is 9.85. The van der Waals surface area contributed by atoms with E-state index in [1.54, 1.807) is 37.7 Å². The zero-order valence-electron chi connectivity index (χ0n) is 20.0. The summed E-state index contributed by atoms with van der Waals surface area (Å²) in [4.78, 5) is 52.7. The fraction of sp³-hybridized carbons (Fsp3) is 0.385. The lowest BCUT2D eigenvalue weighted by Crippen LogP contribution is -2.41. The van der Waals surface area contributed by atoms with E-state index in [9.17, 15) is 19.2 Å². The highest BCUT2D eigenvalue weighted by molar-refractivity contribution is 7.98. The smallest absolute Gasteiger partial charge is 0.303 e. The minimum absolute atomic E-state index is 0.0438. The van der Waals surface area contributed by atoms with E-state index in [2.05, 4.69) is 10.6 Å². The van der Waals surface area contributed by atoms with Crippen LogP contribution in [0.2, 0.25) is 0 Å². The van der Waals surface area contributed by atoms with Crippen LogP contribution in [0.3, 0.4) is 0 Å². The van der Waals surface area contributed by atoms with Crippen LogP contribution in [0.4, 0.5) is 5.69 Å². The molecule has 2 aliphatic heterocycles. The number of benzene rings is 2. The summed E-state index contributed by atoms with van der Waals surface area (Å²) in [5, 5.41) is 14.8. The second-order valence-corrected chi connectivity index (χ2v) is 10.7. The molecule has 2 aromatic rings. The maximum Gasteiger partial charge on any atom is 0.303 e. The van der Waals surface area contributed by atoms with Crippen LogP contribution < -0.4 is 10.6 Å². The van der Waals surface area contributed by atoms with Crippen LogP contribution in [0, 0.1) is 5.41 Å². The molecule has 1 saturated heterocycles.